The fourth-order valence-corrected chi connectivity index (χ4v) is 1.36. The first-order valence-corrected chi connectivity index (χ1v) is 4.94. The first-order valence-electron chi connectivity index (χ1n) is 4.94. The van der Waals surface area contributed by atoms with Gasteiger partial charge in [0.15, 0.2) is 6.29 Å². The number of hydrogen-bond donors (Lipinski definition) is 4. The van der Waals surface area contributed by atoms with Gasteiger partial charge in [-0.05, 0) is 6.92 Å². The van der Waals surface area contributed by atoms with Gasteiger partial charge >= 0.3 is 5.97 Å². The van der Waals surface area contributed by atoms with Crippen molar-refractivity contribution in [1.82, 2.24) is 0 Å². The Hall–Kier alpha value is -1.17. The molecule has 1 aliphatic rings. The van der Waals surface area contributed by atoms with Crippen LogP contribution in [0.4, 0.5) is 0 Å². The number of hydrogen-bond acceptors (Lipinski definition) is 7. The normalized spacial score (nSPS) is 36.9. The number of carbonyl (C=O) groups excluding carboxylic acids is 1. The zero-order valence-corrected chi connectivity index (χ0v) is 9.11. The van der Waals surface area contributed by atoms with E-state index in [9.17, 15) is 25.2 Å². The molecule has 0 aromatic heterocycles. The molecule has 0 saturated carbocycles. The predicted octanol–water partition coefficient (Wildman–Crippen LogP) is -2.65. The van der Waals surface area contributed by atoms with Crippen molar-refractivity contribution in [3.05, 3.63) is 0 Å². The van der Waals surface area contributed by atoms with Gasteiger partial charge < -0.3 is 29.9 Å². The Kier molecular flexibility index (Phi) is 4.86. The van der Waals surface area contributed by atoms with Gasteiger partial charge in [-0.15, -0.1) is 0 Å². The first kappa shape index (κ1) is 13.9. The highest BCUT2D eigenvalue weighted by atomic mass is 16.6. The van der Waals surface area contributed by atoms with Gasteiger partial charge in [0.25, 0.3) is 0 Å². The van der Waals surface area contributed by atoms with E-state index in [4.69, 9.17) is 4.74 Å². The Morgan fingerprint density at radius 2 is 1.88 bits per heavy atom. The highest BCUT2D eigenvalue weighted by Gasteiger charge is 2.43. The van der Waals surface area contributed by atoms with Crippen LogP contribution in [0.1, 0.15) is 6.92 Å². The van der Waals surface area contributed by atoms with E-state index in [0.29, 0.717) is 0 Å². The van der Waals surface area contributed by atoms with E-state index in [-0.39, 0.29) is 6.61 Å². The Bertz CT molecular complexity index is 331. The van der Waals surface area contributed by atoms with Gasteiger partial charge in [0.05, 0.1) is 0 Å². The molecule has 1 saturated heterocycles. The molecule has 17 heavy (non-hydrogen) atoms. The molecule has 4 N–H and O–H groups in total. The molecule has 0 bridgehead atoms. The molecule has 0 spiro atoms. The summed E-state index contributed by atoms with van der Waals surface area (Å²) in [5.74, 6) is 3.63. The summed E-state index contributed by atoms with van der Waals surface area (Å²) in [4.78, 5) is 10.9. The van der Waals surface area contributed by atoms with Crippen molar-refractivity contribution in [3.63, 3.8) is 0 Å². The summed E-state index contributed by atoms with van der Waals surface area (Å²) in [7, 11) is 0. The fraction of sp³-hybridized carbons (Fsp3) is 0.700. The molecule has 0 radical (unpaired) electrons. The third kappa shape index (κ3) is 3.39. The Balaban J connectivity index is 2.53. The number of rotatable bonds is 2. The van der Waals surface area contributed by atoms with Gasteiger partial charge in [0, 0.05) is 5.92 Å². The fourth-order valence-electron chi connectivity index (χ4n) is 1.36. The molecule has 0 aliphatic carbocycles. The third-order valence-corrected chi connectivity index (χ3v) is 2.29. The highest BCUT2D eigenvalue weighted by Crippen LogP contribution is 2.19. The summed E-state index contributed by atoms with van der Waals surface area (Å²) in [6.07, 6.45) is -7.40. The van der Waals surface area contributed by atoms with Crippen LogP contribution >= 0.6 is 0 Å². The maximum atomic E-state index is 10.9. The van der Waals surface area contributed by atoms with Crippen molar-refractivity contribution < 1.29 is 34.7 Å². The largest absolute Gasteiger partial charge is 0.453 e. The maximum absolute atomic E-state index is 10.9. The van der Waals surface area contributed by atoms with Crippen molar-refractivity contribution in [2.45, 2.75) is 37.6 Å². The van der Waals surface area contributed by atoms with Crippen molar-refractivity contribution >= 4 is 5.97 Å². The molecule has 96 valence electrons. The molecule has 7 heteroatoms. The van der Waals surface area contributed by atoms with Gasteiger partial charge in [-0.2, -0.15) is 0 Å². The van der Waals surface area contributed by atoms with Gasteiger partial charge in [-0.3, -0.25) is 0 Å². The second-order valence-corrected chi connectivity index (χ2v) is 3.51. The quantitative estimate of drug-likeness (QED) is 0.239. The van der Waals surface area contributed by atoms with Crippen LogP contribution < -0.4 is 0 Å². The zero-order chi connectivity index (χ0) is 13.0. The van der Waals surface area contributed by atoms with E-state index in [1.54, 1.807) is 0 Å². The van der Waals surface area contributed by atoms with Crippen LogP contribution in [-0.4, -0.2) is 63.7 Å². The Morgan fingerprint density at radius 3 is 2.47 bits per heavy atom. The minimum atomic E-state index is -1.64. The lowest BCUT2D eigenvalue weighted by Crippen LogP contribution is -2.58. The van der Waals surface area contributed by atoms with E-state index in [2.05, 4.69) is 16.6 Å². The highest BCUT2D eigenvalue weighted by molar-refractivity contribution is 5.88. The molecule has 0 unspecified atom stereocenters. The smallest absolute Gasteiger partial charge is 0.384 e. The van der Waals surface area contributed by atoms with Gasteiger partial charge in [0.2, 0.25) is 0 Å². The minimum absolute atomic E-state index is 0.379. The van der Waals surface area contributed by atoms with Crippen LogP contribution in [0, 0.1) is 11.8 Å². The molecular formula is C10H14O7. The molecular weight excluding hydrogens is 232 g/mol. The number of esters is 1. The van der Waals surface area contributed by atoms with Crippen LogP contribution in [0.5, 0.6) is 0 Å². The molecule has 1 fully saturated rings. The molecule has 5 atom stereocenters. The third-order valence-electron chi connectivity index (χ3n) is 2.29. The van der Waals surface area contributed by atoms with Crippen LogP contribution in [0.25, 0.3) is 0 Å². The average molecular weight is 246 g/mol. The molecule has 1 rings (SSSR count). The van der Waals surface area contributed by atoms with Crippen LogP contribution in [0.3, 0.4) is 0 Å². The van der Waals surface area contributed by atoms with Gasteiger partial charge in [-0.1, -0.05) is 5.92 Å². The van der Waals surface area contributed by atoms with Crippen molar-refractivity contribution in [2.75, 3.05) is 6.61 Å². The number of carbonyl (C=O) groups is 1. The molecule has 1 aliphatic heterocycles. The van der Waals surface area contributed by atoms with Gasteiger partial charge in [0.1, 0.15) is 31.0 Å². The molecule has 0 amide bonds. The van der Waals surface area contributed by atoms with Crippen molar-refractivity contribution in [3.8, 4) is 11.8 Å². The Morgan fingerprint density at radius 1 is 1.24 bits per heavy atom. The zero-order valence-electron chi connectivity index (χ0n) is 9.11. The summed E-state index contributed by atoms with van der Waals surface area (Å²) in [5.41, 5.74) is 0. The van der Waals surface area contributed by atoms with E-state index >= 15 is 0 Å². The number of aliphatic hydroxyl groups is 4. The summed E-state index contributed by atoms with van der Waals surface area (Å²) in [5, 5.41) is 37.2. The lowest BCUT2D eigenvalue weighted by Gasteiger charge is -2.37. The first-order chi connectivity index (χ1) is 7.97. The lowest BCUT2D eigenvalue weighted by atomic mass is 9.99. The number of ether oxygens (including phenoxy) is 2. The van der Waals surface area contributed by atoms with Gasteiger partial charge in [-0.25, -0.2) is 4.79 Å². The van der Waals surface area contributed by atoms with Crippen LogP contribution in [0.15, 0.2) is 0 Å². The van der Waals surface area contributed by atoms with Crippen LogP contribution in [0.2, 0.25) is 0 Å². The SMILES string of the molecule is CC#CC(=O)OC[C@H]1O[C@@H](O)[C@H](O)[C@@H](O)[C@@H]1O. The summed E-state index contributed by atoms with van der Waals surface area (Å²) >= 11 is 0. The van der Waals surface area contributed by atoms with E-state index in [1.165, 1.54) is 6.92 Å². The predicted molar refractivity (Wildman–Crippen MR) is 53.3 cm³/mol. The standard InChI is InChI=1S/C10H14O7/c1-2-3-6(11)16-4-5-7(12)8(13)9(14)10(15)17-5/h5,7-10,12-15H,4H2,1H3/t5-,7-,8+,9-,10-/m1/s1. The second-order valence-electron chi connectivity index (χ2n) is 3.51. The van der Waals surface area contributed by atoms with E-state index in [0.717, 1.165) is 0 Å². The summed E-state index contributed by atoms with van der Waals surface area (Å²) < 4.78 is 9.40. The number of aliphatic hydroxyl groups excluding tert-OH is 4. The molecule has 0 aromatic rings. The van der Waals surface area contributed by atoms with E-state index in [1.807, 2.05) is 0 Å². The molecule has 0 aromatic carbocycles. The van der Waals surface area contributed by atoms with Crippen molar-refractivity contribution in [2.24, 2.45) is 0 Å². The van der Waals surface area contributed by atoms with E-state index < -0.39 is 36.7 Å². The average Bonchev–Trinajstić information content (AvgIpc) is 2.30. The maximum Gasteiger partial charge on any atom is 0.384 e. The lowest BCUT2D eigenvalue weighted by molar-refractivity contribution is -0.287. The van der Waals surface area contributed by atoms with Crippen molar-refractivity contribution in [1.29, 1.82) is 0 Å². The second kappa shape index (κ2) is 5.95. The summed E-state index contributed by atoms with van der Waals surface area (Å²) in [6.45, 7) is 1.08. The minimum Gasteiger partial charge on any atom is -0.453 e. The Labute approximate surface area is 97.6 Å². The molecule has 7 nitrogen and oxygen atoms in total. The monoisotopic (exact) mass is 246 g/mol. The summed E-state index contributed by atoms with van der Waals surface area (Å²) in [6, 6.07) is 0. The molecule has 1 heterocycles. The topological polar surface area (TPSA) is 116 Å². The van der Waals surface area contributed by atoms with Crippen LogP contribution in [-0.2, 0) is 14.3 Å².